The first-order chi connectivity index (χ1) is 17.0. The molecule has 1 saturated carbocycles. The number of hydrogen-bond donors (Lipinski definition) is 5. The van der Waals surface area contributed by atoms with Gasteiger partial charge in [0.25, 0.3) is 5.91 Å². The largest absolute Gasteiger partial charge is 0.507 e. The second-order valence-electron chi connectivity index (χ2n) is 8.83. The number of ketones is 2. The predicted molar refractivity (Wildman–Crippen MR) is 121 cm³/mol. The molecule has 36 heavy (non-hydrogen) atoms. The van der Waals surface area contributed by atoms with Crippen molar-refractivity contribution in [3.8, 4) is 17.0 Å². The highest BCUT2D eigenvalue weighted by atomic mass is 16.6. The maximum Gasteiger partial charge on any atom is 0.256 e. The van der Waals surface area contributed by atoms with E-state index in [-0.39, 0.29) is 29.7 Å². The number of amides is 1. The van der Waals surface area contributed by atoms with Gasteiger partial charge in [0.15, 0.2) is 11.4 Å². The maximum atomic E-state index is 13.7. The molecular weight excluding hydrogens is 474 g/mol. The molecule has 6 N–H and O–H groups in total. The quantitative estimate of drug-likeness (QED) is 0.215. The molecule has 0 saturated heterocycles. The second kappa shape index (κ2) is 7.75. The molecule has 0 radical (unpaired) electrons. The number of aromatic hydroxyl groups is 1. The van der Waals surface area contributed by atoms with Crippen LogP contribution in [0.1, 0.15) is 17.5 Å². The smallest absolute Gasteiger partial charge is 0.256 e. The Hall–Kier alpha value is -4.52. The van der Waals surface area contributed by atoms with Gasteiger partial charge in [0.2, 0.25) is 11.6 Å². The molecule has 5 rings (SSSR count). The summed E-state index contributed by atoms with van der Waals surface area (Å²) in [6.45, 7) is 0. The van der Waals surface area contributed by atoms with Gasteiger partial charge in [-0.25, -0.2) is 0 Å². The maximum absolute atomic E-state index is 13.7. The number of phenols is 1. The first kappa shape index (κ1) is 23.2. The van der Waals surface area contributed by atoms with Crippen LogP contribution in [-0.2, 0) is 32.7 Å². The highest BCUT2D eigenvalue weighted by Crippen LogP contribution is 2.51. The number of Topliss-reactive ketones (excluding diaryl/α,β-unsaturated/α-hetero) is 2. The van der Waals surface area contributed by atoms with Gasteiger partial charge in [0.1, 0.15) is 35.6 Å². The minimum atomic E-state index is -2.89. The number of carbonyl (C=O) groups excluding carboxylic acids is 3. The first-order valence-corrected chi connectivity index (χ1v) is 10.8. The van der Waals surface area contributed by atoms with Crippen molar-refractivity contribution in [2.45, 2.75) is 18.4 Å². The van der Waals surface area contributed by atoms with Gasteiger partial charge in [-0.1, -0.05) is 5.16 Å². The average Bonchev–Trinajstić information content (AvgIpc) is 3.24. The molecule has 2 aromatic rings. The van der Waals surface area contributed by atoms with E-state index < -0.39 is 57.7 Å². The van der Waals surface area contributed by atoms with Crippen molar-refractivity contribution in [3.05, 3.63) is 46.4 Å². The summed E-state index contributed by atoms with van der Waals surface area (Å²) in [5, 5.41) is 55.8. The van der Waals surface area contributed by atoms with Gasteiger partial charge in [0.05, 0.1) is 17.7 Å². The van der Waals surface area contributed by atoms with Gasteiger partial charge < -0.3 is 31.0 Å². The first-order valence-electron chi connectivity index (χ1n) is 10.8. The molecule has 0 bridgehead atoms. The van der Waals surface area contributed by atoms with Crippen LogP contribution >= 0.6 is 0 Å². The lowest BCUT2D eigenvalue weighted by Gasteiger charge is -2.45. The predicted octanol–water partition coefficient (Wildman–Crippen LogP) is -0.168. The number of carbonyl (C=O) groups is 3. The van der Waals surface area contributed by atoms with Gasteiger partial charge >= 0.3 is 0 Å². The van der Waals surface area contributed by atoms with Crippen LogP contribution in [0.5, 0.6) is 5.75 Å². The summed E-state index contributed by atoms with van der Waals surface area (Å²) in [4.78, 5) is 44.9. The number of allylic oxidation sites excluding steroid dienone is 1. The van der Waals surface area contributed by atoms with E-state index in [1.165, 1.54) is 17.1 Å². The van der Waals surface area contributed by atoms with Gasteiger partial charge in [-0.2, -0.15) is 15.0 Å². The Morgan fingerprint density at radius 3 is 2.56 bits per heavy atom. The number of phenolic OH excluding ortho intramolecular Hbond substituents is 1. The molecule has 1 aromatic heterocycles. The fourth-order valence-electron chi connectivity index (χ4n) is 5.41. The Bertz CT molecular complexity index is 1470. The normalized spacial score (nSPS) is 26.6. The number of benzene rings is 1. The van der Waals surface area contributed by atoms with Crippen molar-refractivity contribution in [1.82, 2.24) is 15.0 Å². The zero-order valence-electron chi connectivity index (χ0n) is 19.1. The number of fused-ring (bicyclic) bond motifs is 3. The van der Waals surface area contributed by atoms with Crippen LogP contribution in [0.15, 0.2) is 40.4 Å². The van der Waals surface area contributed by atoms with Crippen molar-refractivity contribution in [1.29, 1.82) is 0 Å². The third-order valence-corrected chi connectivity index (χ3v) is 6.95. The molecule has 0 spiro atoms. The molecule has 0 aliphatic heterocycles. The highest BCUT2D eigenvalue weighted by Gasteiger charge is 2.64. The van der Waals surface area contributed by atoms with E-state index in [2.05, 4.69) is 15.4 Å². The molecule has 186 valence electrons. The Balaban J connectivity index is 1.73. The van der Waals surface area contributed by atoms with E-state index in [0.29, 0.717) is 16.8 Å². The van der Waals surface area contributed by atoms with Crippen molar-refractivity contribution in [2.24, 2.45) is 29.8 Å². The number of oxime groups is 1. The molecule has 13 heteroatoms. The van der Waals surface area contributed by atoms with Gasteiger partial charge in [-0.3, -0.25) is 14.4 Å². The van der Waals surface area contributed by atoms with Crippen molar-refractivity contribution in [2.75, 3.05) is 7.11 Å². The number of hydrogen-bond acceptors (Lipinski definition) is 11. The lowest BCUT2D eigenvalue weighted by Crippen LogP contribution is -2.64. The Morgan fingerprint density at radius 1 is 1.22 bits per heavy atom. The summed E-state index contributed by atoms with van der Waals surface area (Å²) in [5.41, 5.74) is 2.13. The number of aromatic nitrogens is 3. The SMILES string of the molecule is CON=C1C(O)=C(C(N)=O)C(=O)C2(O)C(=O)C3=C(O)c4c(O)ccc(-c5cnn(C)n5)c4CC3CC12. The summed E-state index contributed by atoms with van der Waals surface area (Å²) < 4.78 is 0. The van der Waals surface area contributed by atoms with Gasteiger partial charge in [-0.05, 0) is 36.5 Å². The molecule has 13 nitrogen and oxygen atoms in total. The Kier molecular flexibility index (Phi) is 5.00. The minimum absolute atomic E-state index is 0.0395. The van der Waals surface area contributed by atoms with Crippen LogP contribution in [0.2, 0.25) is 0 Å². The number of aryl methyl sites for hydroxylation is 1. The van der Waals surface area contributed by atoms with Crippen LogP contribution in [0, 0.1) is 11.8 Å². The topological polar surface area (TPSA) is 210 Å². The molecule has 1 heterocycles. The van der Waals surface area contributed by atoms with Crippen molar-refractivity contribution < 1.29 is 39.6 Å². The monoisotopic (exact) mass is 495 g/mol. The Labute approximate surface area is 202 Å². The zero-order chi connectivity index (χ0) is 26.1. The number of nitrogens with two attached hydrogens (primary N) is 1. The molecule has 1 aromatic carbocycles. The van der Waals surface area contributed by atoms with Crippen LogP contribution in [0.25, 0.3) is 17.0 Å². The van der Waals surface area contributed by atoms with E-state index in [1.54, 1.807) is 13.1 Å². The third-order valence-electron chi connectivity index (χ3n) is 6.95. The molecule has 1 fully saturated rings. The number of rotatable bonds is 3. The Morgan fingerprint density at radius 2 is 1.94 bits per heavy atom. The van der Waals surface area contributed by atoms with Crippen molar-refractivity contribution in [3.63, 3.8) is 0 Å². The van der Waals surface area contributed by atoms with E-state index >= 15 is 0 Å². The number of aliphatic hydroxyl groups is 3. The van der Waals surface area contributed by atoms with Gasteiger partial charge in [0, 0.05) is 18.2 Å². The van der Waals surface area contributed by atoms with E-state index in [4.69, 9.17) is 10.6 Å². The fraction of sp³-hybridized carbons (Fsp3) is 0.304. The zero-order valence-corrected chi connectivity index (χ0v) is 19.1. The standard InChI is InChI=1S/C23H21N5O8/c1-28-25-7-12(26-28)9-3-4-13(29)15-10(9)5-8-6-11-17(27-36-2)19(31)16(22(24)34)21(33)23(11,35)20(32)14(8)18(15)30/h3-4,7-8,11,29-31,35H,5-6H2,1-2H3,(H2,24,34). The number of primary amides is 1. The second-order valence-corrected chi connectivity index (χ2v) is 8.83. The van der Waals surface area contributed by atoms with Gasteiger partial charge in [-0.15, -0.1) is 0 Å². The highest BCUT2D eigenvalue weighted by molar-refractivity contribution is 6.38. The van der Waals surface area contributed by atoms with Crippen LogP contribution in [-0.4, -0.2) is 71.3 Å². The average molecular weight is 495 g/mol. The molecule has 1 amide bonds. The lowest BCUT2D eigenvalue weighted by molar-refractivity contribution is -0.153. The summed E-state index contributed by atoms with van der Waals surface area (Å²) >= 11 is 0. The minimum Gasteiger partial charge on any atom is -0.507 e. The van der Waals surface area contributed by atoms with E-state index in [9.17, 15) is 34.8 Å². The van der Waals surface area contributed by atoms with Crippen LogP contribution in [0.3, 0.4) is 0 Å². The van der Waals surface area contributed by atoms with Crippen LogP contribution in [0.4, 0.5) is 0 Å². The molecular formula is C23H21N5O8. The fourth-order valence-corrected chi connectivity index (χ4v) is 5.41. The van der Waals surface area contributed by atoms with E-state index in [0.717, 1.165) is 7.11 Å². The summed E-state index contributed by atoms with van der Waals surface area (Å²) in [6.07, 6.45) is 1.47. The molecule has 3 aliphatic rings. The van der Waals surface area contributed by atoms with E-state index in [1.807, 2.05) is 0 Å². The molecule has 3 atom stereocenters. The number of nitrogens with zero attached hydrogens (tertiary/aromatic N) is 4. The third kappa shape index (κ3) is 2.92. The summed E-state index contributed by atoms with van der Waals surface area (Å²) in [7, 11) is 2.78. The number of aliphatic hydroxyl groups excluding tert-OH is 2. The lowest BCUT2D eigenvalue weighted by atomic mass is 9.58. The summed E-state index contributed by atoms with van der Waals surface area (Å²) in [6, 6.07) is 2.93. The van der Waals surface area contributed by atoms with Crippen molar-refractivity contribution >= 4 is 28.9 Å². The molecule has 3 unspecified atom stereocenters. The van der Waals surface area contributed by atoms with Crippen LogP contribution < -0.4 is 5.73 Å². The summed E-state index contributed by atoms with van der Waals surface area (Å²) in [5.74, 6) is -7.94. The molecule has 3 aliphatic carbocycles.